The van der Waals surface area contributed by atoms with Gasteiger partial charge in [-0.05, 0) is 49.9 Å². The van der Waals surface area contributed by atoms with Gasteiger partial charge in [-0.3, -0.25) is 4.79 Å². The van der Waals surface area contributed by atoms with Gasteiger partial charge in [-0.15, -0.1) is 0 Å². The zero-order chi connectivity index (χ0) is 18.8. The number of fused-ring (bicyclic) bond motifs is 2. The van der Waals surface area contributed by atoms with Crippen molar-refractivity contribution in [3.8, 4) is 5.75 Å². The lowest BCUT2D eigenvalue weighted by Gasteiger charge is -2.38. The first-order chi connectivity index (χ1) is 13.2. The third-order valence-corrected chi connectivity index (χ3v) is 6.68. The van der Waals surface area contributed by atoms with E-state index in [1.54, 1.807) is 14.0 Å². The van der Waals surface area contributed by atoms with Crippen molar-refractivity contribution in [3.05, 3.63) is 42.5 Å². The summed E-state index contributed by atoms with van der Waals surface area (Å²) in [6, 6.07) is 15.2. The van der Waals surface area contributed by atoms with Crippen LogP contribution in [0.15, 0.2) is 52.3 Å². The molecule has 27 heavy (non-hydrogen) atoms. The van der Waals surface area contributed by atoms with Crippen molar-refractivity contribution in [1.29, 1.82) is 0 Å². The van der Waals surface area contributed by atoms with Crippen molar-refractivity contribution >= 4 is 29.0 Å². The smallest absolute Gasteiger partial charge is 0.219 e. The summed E-state index contributed by atoms with van der Waals surface area (Å²) in [4.78, 5) is 19.0. The molecule has 1 fully saturated rings. The van der Waals surface area contributed by atoms with Gasteiger partial charge in [0.15, 0.2) is 0 Å². The van der Waals surface area contributed by atoms with Crippen LogP contribution in [0.1, 0.15) is 32.6 Å². The first-order valence-corrected chi connectivity index (χ1v) is 10.5. The standard InChI is InChI=1S/C22H26N2O2S/c1-16(25)23-13-6-5-7-17(23)12-14-24-19-8-3-4-9-21(19)27-22-11-10-18(26-2)15-20(22)24/h3-4,8-11,15,17H,5-7,12-14H2,1-2H3. The molecule has 1 saturated heterocycles. The number of methoxy groups -OCH3 is 1. The Kier molecular flexibility index (Phi) is 5.30. The van der Waals surface area contributed by atoms with Crippen LogP contribution < -0.4 is 9.64 Å². The third kappa shape index (κ3) is 3.65. The molecule has 2 aliphatic rings. The van der Waals surface area contributed by atoms with Crippen LogP contribution in [0, 0.1) is 0 Å². The summed E-state index contributed by atoms with van der Waals surface area (Å²) in [7, 11) is 1.71. The highest BCUT2D eigenvalue weighted by molar-refractivity contribution is 7.99. The molecule has 0 aliphatic carbocycles. The van der Waals surface area contributed by atoms with Gasteiger partial charge in [0.25, 0.3) is 0 Å². The highest BCUT2D eigenvalue weighted by Gasteiger charge is 2.28. The Morgan fingerprint density at radius 2 is 1.96 bits per heavy atom. The van der Waals surface area contributed by atoms with Gasteiger partial charge in [-0.2, -0.15) is 0 Å². The highest BCUT2D eigenvalue weighted by Crippen LogP contribution is 2.49. The van der Waals surface area contributed by atoms with Crippen LogP contribution in [-0.2, 0) is 4.79 Å². The molecule has 1 unspecified atom stereocenters. The monoisotopic (exact) mass is 382 g/mol. The second kappa shape index (κ2) is 7.85. The molecule has 2 aliphatic heterocycles. The Morgan fingerprint density at radius 1 is 1.15 bits per heavy atom. The van der Waals surface area contributed by atoms with Crippen molar-refractivity contribution in [3.63, 3.8) is 0 Å². The molecule has 0 aromatic heterocycles. The average Bonchev–Trinajstić information content (AvgIpc) is 2.71. The fraction of sp³-hybridized carbons (Fsp3) is 0.409. The number of rotatable bonds is 4. The molecule has 2 aromatic rings. The van der Waals surface area contributed by atoms with Crippen LogP contribution >= 0.6 is 11.8 Å². The second-order valence-corrected chi connectivity index (χ2v) is 8.29. The molecular weight excluding hydrogens is 356 g/mol. The molecular formula is C22H26N2O2S. The maximum atomic E-state index is 12.0. The van der Waals surface area contributed by atoms with Crippen LogP contribution in [-0.4, -0.2) is 37.0 Å². The van der Waals surface area contributed by atoms with Crippen molar-refractivity contribution in [2.45, 2.75) is 48.4 Å². The molecule has 4 nitrogen and oxygen atoms in total. The maximum Gasteiger partial charge on any atom is 0.219 e. The van der Waals surface area contributed by atoms with Crippen molar-refractivity contribution in [2.75, 3.05) is 25.1 Å². The minimum absolute atomic E-state index is 0.205. The Labute approximate surface area is 165 Å². The van der Waals surface area contributed by atoms with E-state index in [0.717, 1.165) is 38.1 Å². The summed E-state index contributed by atoms with van der Waals surface area (Å²) in [5.74, 6) is 1.08. The SMILES string of the molecule is COc1ccc2c(c1)N(CCC1CCCCN1C(C)=O)c1ccccc1S2. The van der Waals surface area contributed by atoms with Gasteiger partial charge in [0.1, 0.15) is 5.75 Å². The number of nitrogens with zero attached hydrogens (tertiary/aromatic N) is 2. The Balaban J connectivity index is 1.62. The number of carbonyl (C=O) groups excluding carboxylic acids is 1. The fourth-order valence-corrected chi connectivity index (χ4v) is 5.25. The minimum Gasteiger partial charge on any atom is -0.497 e. The molecule has 5 heteroatoms. The number of piperidine rings is 1. The molecule has 0 N–H and O–H groups in total. The lowest BCUT2D eigenvalue weighted by molar-refractivity contribution is -0.132. The predicted octanol–water partition coefficient (Wildman–Crippen LogP) is 5.09. The largest absolute Gasteiger partial charge is 0.497 e. The van der Waals surface area contributed by atoms with Crippen LogP contribution in [0.5, 0.6) is 5.75 Å². The molecule has 2 heterocycles. The van der Waals surface area contributed by atoms with Crippen LogP contribution in [0.3, 0.4) is 0 Å². The van der Waals surface area contributed by atoms with E-state index in [1.165, 1.54) is 27.6 Å². The van der Waals surface area contributed by atoms with Gasteiger partial charge < -0.3 is 14.5 Å². The van der Waals surface area contributed by atoms with Gasteiger partial charge in [0, 0.05) is 41.9 Å². The Morgan fingerprint density at radius 3 is 2.78 bits per heavy atom. The summed E-state index contributed by atoms with van der Waals surface area (Å²) < 4.78 is 5.47. The van der Waals surface area contributed by atoms with Gasteiger partial charge in [0.05, 0.1) is 18.5 Å². The highest BCUT2D eigenvalue weighted by atomic mass is 32.2. The van der Waals surface area contributed by atoms with E-state index < -0.39 is 0 Å². The van der Waals surface area contributed by atoms with Crippen molar-refractivity contribution in [1.82, 2.24) is 4.90 Å². The van der Waals surface area contributed by atoms with E-state index in [1.807, 2.05) is 17.8 Å². The van der Waals surface area contributed by atoms with Crippen LogP contribution in [0.25, 0.3) is 0 Å². The molecule has 4 rings (SSSR count). The lowest BCUT2D eigenvalue weighted by Crippen LogP contribution is -2.44. The first kappa shape index (κ1) is 18.2. The first-order valence-electron chi connectivity index (χ1n) is 9.67. The zero-order valence-electron chi connectivity index (χ0n) is 16.0. The molecule has 0 radical (unpaired) electrons. The summed E-state index contributed by atoms with van der Waals surface area (Å²) in [5, 5.41) is 0. The normalized spacial score (nSPS) is 18.7. The van der Waals surface area contributed by atoms with Crippen LogP contribution in [0.2, 0.25) is 0 Å². The van der Waals surface area contributed by atoms with Crippen molar-refractivity contribution < 1.29 is 9.53 Å². The Bertz CT molecular complexity index is 839. The predicted molar refractivity (Wildman–Crippen MR) is 110 cm³/mol. The van der Waals surface area contributed by atoms with Gasteiger partial charge in [-0.1, -0.05) is 23.9 Å². The number of amides is 1. The zero-order valence-corrected chi connectivity index (χ0v) is 16.8. The second-order valence-electron chi connectivity index (χ2n) is 7.21. The van der Waals surface area contributed by atoms with E-state index in [2.05, 4.69) is 46.2 Å². The molecule has 2 aromatic carbocycles. The number of likely N-dealkylation sites (tertiary alicyclic amines) is 1. The molecule has 1 amide bonds. The number of anilines is 2. The van der Waals surface area contributed by atoms with Crippen LogP contribution in [0.4, 0.5) is 11.4 Å². The number of ether oxygens (including phenoxy) is 1. The van der Waals surface area contributed by atoms with E-state index in [-0.39, 0.29) is 5.91 Å². The molecule has 0 spiro atoms. The summed E-state index contributed by atoms with van der Waals surface area (Å²) in [6.45, 7) is 3.49. The number of hydrogen-bond acceptors (Lipinski definition) is 4. The number of benzene rings is 2. The van der Waals surface area contributed by atoms with E-state index in [9.17, 15) is 4.79 Å². The quantitative estimate of drug-likeness (QED) is 0.737. The van der Waals surface area contributed by atoms with Gasteiger partial charge in [0.2, 0.25) is 5.91 Å². The fourth-order valence-electron chi connectivity index (χ4n) is 4.17. The maximum absolute atomic E-state index is 12.0. The topological polar surface area (TPSA) is 32.8 Å². The van der Waals surface area contributed by atoms with E-state index >= 15 is 0 Å². The summed E-state index contributed by atoms with van der Waals surface area (Å²) in [6.07, 6.45) is 4.43. The average molecular weight is 383 g/mol. The van der Waals surface area contributed by atoms with E-state index in [4.69, 9.17) is 4.74 Å². The third-order valence-electron chi connectivity index (χ3n) is 5.55. The molecule has 1 atom stereocenters. The van der Waals surface area contributed by atoms with Gasteiger partial charge >= 0.3 is 0 Å². The molecule has 0 saturated carbocycles. The number of carbonyl (C=O) groups is 1. The van der Waals surface area contributed by atoms with Gasteiger partial charge in [-0.25, -0.2) is 0 Å². The summed E-state index contributed by atoms with van der Waals surface area (Å²) in [5.41, 5.74) is 2.44. The molecule has 142 valence electrons. The summed E-state index contributed by atoms with van der Waals surface area (Å²) >= 11 is 1.81. The number of hydrogen-bond donors (Lipinski definition) is 0. The van der Waals surface area contributed by atoms with Crippen molar-refractivity contribution in [2.24, 2.45) is 0 Å². The van der Waals surface area contributed by atoms with E-state index in [0.29, 0.717) is 6.04 Å². The molecule has 0 bridgehead atoms. The minimum atomic E-state index is 0.205. The number of para-hydroxylation sites is 1. The Hall–Kier alpha value is -2.14. The lowest BCUT2D eigenvalue weighted by atomic mass is 9.98.